The summed E-state index contributed by atoms with van der Waals surface area (Å²) in [5, 5.41) is 4.94. The summed E-state index contributed by atoms with van der Waals surface area (Å²) in [7, 11) is 0. The lowest BCUT2D eigenvalue weighted by Crippen LogP contribution is -2.02. The molecule has 160 valence electrons. The van der Waals surface area contributed by atoms with Crippen LogP contribution in [0.5, 0.6) is 0 Å². The predicted octanol–water partition coefficient (Wildman–Crippen LogP) is 8.24. The summed E-state index contributed by atoms with van der Waals surface area (Å²) < 4.78 is 0. The zero-order valence-corrected chi connectivity index (χ0v) is 18.8. The van der Waals surface area contributed by atoms with E-state index in [9.17, 15) is 0 Å². The third-order valence-corrected chi connectivity index (χ3v) is 6.97. The summed E-state index contributed by atoms with van der Waals surface area (Å²) in [6.07, 6.45) is 6.59. The maximum absolute atomic E-state index is 6.45. The summed E-state index contributed by atoms with van der Waals surface area (Å²) in [6.45, 7) is 6.85. The SMILES string of the molecule is C=C(c1ccccc1N)c1c(C2=C(C)C=CCC2)c2c3ccccc3[nH]c2c2ccccc12. The molecule has 0 bridgehead atoms. The average Bonchev–Trinajstić information content (AvgIpc) is 3.23. The second kappa shape index (κ2) is 7.53. The number of allylic oxidation sites excluding steroid dienone is 4. The molecule has 2 nitrogen and oxygen atoms in total. The first-order valence-electron chi connectivity index (χ1n) is 11.5. The Morgan fingerprint density at radius 3 is 2.36 bits per heavy atom. The molecule has 0 saturated heterocycles. The quantitative estimate of drug-likeness (QED) is 0.280. The Kier molecular flexibility index (Phi) is 4.48. The molecule has 1 aliphatic rings. The number of rotatable bonds is 3. The van der Waals surface area contributed by atoms with Crippen molar-refractivity contribution >= 4 is 49.4 Å². The lowest BCUT2D eigenvalue weighted by atomic mass is 9.80. The normalized spacial score (nSPS) is 14.0. The number of nitrogens with one attached hydrogen (secondary N) is 1. The van der Waals surface area contributed by atoms with Gasteiger partial charge in [0.25, 0.3) is 0 Å². The Morgan fingerprint density at radius 2 is 1.58 bits per heavy atom. The van der Waals surface area contributed by atoms with Crippen LogP contribution >= 0.6 is 0 Å². The lowest BCUT2D eigenvalue weighted by Gasteiger charge is -2.23. The highest BCUT2D eigenvalue weighted by atomic mass is 14.7. The van der Waals surface area contributed by atoms with Gasteiger partial charge in [-0.25, -0.2) is 0 Å². The molecular weight excluding hydrogens is 400 g/mol. The molecule has 0 spiro atoms. The molecule has 0 fully saturated rings. The van der Waals surface area contributed by atoms with Gasteiger partial charge in [0.15, 0.2) is 0 Å². The van der Waals surface area contributed by atoms with E-state index in [4.69, 9.17) is 5.73 Å². The maximum Gasteiger partial charge on any atom is 0.0551 e. The minimum Gasteiger partial charge on any atom is -0.398 e. The van der Waals surface area contributed by atoms with Crippen LogP contribution in [0.4, 0.5) is 5.69 Å². The Morgan fingerprint density at radius 1 is 0.879 bits per heavy atom. The monoisotopic (exact) mass is 426 g/mol. The fourth-order valence-electron chi connectivity index (χ4n) is 5.41. The number of aromatic amines is 1. The number of benzene rings is 4. The lowest BCUT2D eigenvalue weighted by molar-refractivity contribution is 1.04. The first-order chi connectivity index (χ1) is 16.1. The number of para-hydroxylation sites is 2. The molecule has 1 aromatic heterocycles. The summed E-state index contributed by atoms with van der Waals surface area (Å²) in [5.74, 6) is 0. The minimum atomic E-state index is 0.755. The van der Waals surface area contributed by atoms with Crippen LogP contribution in [0.2, 0.25) is 0 Å². The molecule has 0 aliphatic heterocycles. The zero-order valence-electron chi connectivity index (χ0n) is 18.8. The predicted molar refractivity (Wildman–Crippen MR) is 143 cm³/mol. The van der Waals surface area contributed by atoms with Crippen molar-refractivity contribution in [2.75, 3.05) is 5.73 Å². The van der Waals surface area contributed by atoms with Gasteiger partial charge in [-0.2, -0.15) is 0 Å². The Balaban J connectivity index is 1.87. The molecule has 33 heavy (non-hydrogen) atoms. The fourth-order valence-corrected chi connectivity index (χ4v) is 5.41. The van der Waals surface area contributed by atoms with E-state index in [1.165, 1.54) is 49.3 Å². The third-order valence-electron chi connectivity index (χ3n) is 6.97. The standard InChI is InChI=1S/C31H26N2/c1-19-11-3-4-12-21(19)29-28(20(2)22-13-7-9-17-26(22)32)23-14-5-6-15-24(23)31-30(29)25-16-8-10-18-27(25)33-31/h3,5-11,13-18,33H,2,4,12,32H2,1H3. The first-order valence-corrected chi connectivity index (χ1v) is 11.5. The van der Waals surface area contributed by atoms with Crippen LogP contribution < -0.4 is 5.73 Å². The van der Waals surface area contributed by atoms with E-state index in [0.717, 1.165) is 35.2 Å². The minimum absolute atomic E-state index is 0.755. The topological polar surface area (TPSA) is 41.8 Å². The summed E-state index contributed by atoms with van der Waals surface area (Å²) in [4.78, 5) is 3.74. The van der Waals surface area contributed by atoms with Gasteiger partial charge in [-0.3, -0.25) is 0 Å². The molecule has 0 saturated carbocycles. The van der Waals surface area contributed by atoms with Gasteiger partial charge in [0.2, 0.25) is 0 Å². The molecule has 1 aliphatic carbocycles. The molecule has 0 atom stereocenters. The van der Waals surface area contributed by atoms with Crippen LogP contribution in [-0.2, 0) is 0 Å². The van der Waals surface area contributed by atoms with E-state index >= 15 is 0 Å². The summed E-state index contributed by atoms with van der Waals surface area (Å²) in [6, 6.07) is 25.3. The van der Waals surface area contributed by atoms with E-state index in [-0.39, 0.29) is 0 Å². The number of aromatic nitrogens is 1. The molecular formula is C31H26N2. The third kappa shape index (κ3) is 2.95. The first kappa shape index (κ1) is 19.6. The second-order valence-electron chi connectivity index (χ2n) is 8.88. The van der Waals surface area contributed by atoms with E-state index in [1.54, 1.807) is 0 Å². The molecule has 6 rings (SSSR count). The van der Waals surface area contributed by atoms with Gasteiger partial charge in [0, 0.05) is 32.9 Å². The van der Waals surface area contributed by atoms with Crippen molar-refractivity contribution in [1.82, 2.24) is 4.98 Å². The van der Waals surface area contributed by atoms with Crippen molar-refractivity contribution in [1.29, 1.82) is 0 Å². The van der Waals surface area contributed by atoms with Crippen molar-refractivity contribution in [3.05, 3.63) is 114 Å². The largest absolute Gasteiger partial charge is 0.398 e. The van der Waals surface area contributed by atoms with Gasteiger partial charge in [-0.1, -0.05) is 79.4 Å². The molecule has 3 N–H and O–H groups in total. The van der Waals surface area contributed by atoms with Gasteiger partial charge in [0.05, 0.1) is 5.52 Å². The number of hydrogen-bond donors (Lipinski definition) is 2. The summed E-state index contributed by atoms with van der Waals surface area (Å²) >= 11 is 0. The van der Waals surface area contributed by atoms with Gasteiger partial charge in [0.1, 0.15) is 0 Å². The number of hydrogen-bond acceptors (Lipinski definition) is 1. The van der Waals surface area contributed by atoms with Crippen molar-refractivity contribution in [2.24, 2.45) is 0 Å². The van der Waals surface area contributed by atoms with Crippen LogP contribution in [0.1, 0.15) is 36.5 Å². The number of nitrogen functional groups attached to an aromatic ring is 1. The highest BCUT2D eigenvalue weighted by molar-refractivity contribution is 6.24. The fraction of sp³-hybridized carbons (Fsp3) is 0.0968. The molecule has 2 heteroatoms. The summed E-state index contributed by atoms with van der Waals surface area (Å²) in [5.41, 5.74) is 16.7. The van der Waals surface area contributed by atoms with Crippen molar-refractivity contribution < 1.29 is 0 Å². The van der Waals surface area contributed by atoms with Gasteiger partial charge in [-0.15, -0.1) is 0 Å². The smallest absolute Gasteiger partial charge is 0.0551 e. The van der Waals surface area contributed by atoms with Gasteiger partial charge < -0.3 is 10.7 Å². The van der Waals surface area contributed by atoms with Crippen molar-refractivity contribution in [2.45, 2.75) is 19.8 Å². The Labute approximate surface area is 193 Å². The molecule has 4 aromatic carbocycles. The molecule has 0 amide bonds. The van der Waals surface area contributed by atoms with E-state index in [0.29, 0.717) is 0 Å². The van der Waals surface area contributed by atoms with Crippen LogP contribution in [-0.4, -0.2) is 4.98 Å². The molecule has 5 aromatic rings. The van der Waals surface area contributed by atoms with E-state index < -0.39 is 0 Å². The number of fused-ring (bicyclic) bond motifs is 5. The number of nitrogens with two attached hydrogens (primary N) is 1. The van der Waals surface area contributed by atoms with Gasteiger partial charge in [-0.05, 0) is 65.1 Å². The Bertz CT molecular complexity index is 1640. The molecule has 0 radical (unpaired) electrons. The van der Waals surface area contributed by atoms with E-state index in [2.05, 4.69) is 85.2 Å². The zero-order chi connectivity index (χ0) is 22.5. The number of anilines is 1. The highest BCUT2D eigenvalue weighted by Gasteiger charge is 2.24. The van der Waals surface area contributed by atoms with Crippen LogP contribution in [0.15, 0.2) is 97.1 Å². The molecule has 1 heterocycles. The Hall–Kier alpha value is -4.04. The maximum atomic E-state index is 6.45. The molecule has 0 unspecified atom stereocenters. The number of H-pyrrole nitrogens is 1. The van der Waals surface area contributed by atoms with Crippen LogP contribution in [0.25, 0.3) is 43.7 Å². The van der Waals surface area contributed by atoms with E-state index in [1.807, 2.05) is 18.2 Å². The highest BCUT2D eigenvalue weighted by Crippen LogP contribution is 2.46. The van der Waals surface area contributed by atoms with Crippen LogP contribution in [0, 0.1) is 0 Å². The van der Waals surface area contributed by atoms with Crippen LogP contribution in [0.3, 0.4) is 0 Å². The van der Waals surface area contributed by atoms with Crippen molar-refractivity contribution in [3.63, 3.8) is 0 Å². The van der Waals surface area contributed by atoms with Crippen molar-refractivity contribution in [3.8, 4) is 0 Å². The van der Waals surface area contributed by atoms with Gasteiger partial charge >= 0.3 is 0 Å². The second-order valence-corrected chi connectivity index (χ2v) is 8.88. The average molecular weight is 427 g/mol.